The molecule has 4 heteroatoms. The van der Waals surface area contributed by atoms with E-state index in [2.05, 4.69) is 10.3 Å². The molecule has 0 spiro atoms. The number of aromatic amines is 1. The van der Waals surface area contributed by atoms with E-state index in [4.69, 9.17) is 0 Å². The molecule has 0 radical (unpaired) electrons. The maximum absolute atomic E-state index is 11.1. The summed E-state index contributed by atoms with van der Waals surface area (Å²) in [6.07, 6.45) is 2.23. The van der Waals surface area contributed by atoms with E-state index in [0.29, 0.717) is 6.42 Å². The van der Waals surface area contributed by atoms with Gasteiger partial charge in [0, 0.05) is 12.3 Å². The average molecular weight is 194 g/mol. The Kier molecular flexibility index (Phi) is 3.59. The van der Waals surface area contributed by atoms with Crippen molar-refractivity contribution in [2.24, 2.45) is 0 Å². The van der Waals surface area contributed by atoms with E-state index in [1.165, 1.54) is 6.07 Å². The van der Waals surface area contributed by atoms with Gasteiger partial charge in [-0.25, -0.2) is 0 Å². The molecule has 0 aromatic carbocycles. The molecule has 0 amide bonds. The first kappa shape index (κ1) is 10.7. The summed E-state index contributed by atoms with van der Waals surface area (Å²) in [4.78, 5) is 24.5. The van der Waals surface area contributed by atoms with Gasteiger partial charge in [0.1, 0.15) is 5.78 Å². The third-order valence-corrected chi connectivity index (χ3v) is 2.13. The van der Waals surface area contributed by atoms with Crippen LogP contribution in [-0.2, 0) is 11.2 Å². The molecule has 0 saturated carbocycles. The van der Waals surface area contributed by atoms with Crippen molar-refractivity contribution in [1.29, 1.82) is 0 Å². The van der Waals surface area contributed by atoms with E-state index >= 15 is 0 Å². The van der Waals surface area contributed by atoms with Crippen molar-refractivity contribution < 1.29 is 4.79 Å². The summed E-state index contributed by atoms with van der Waals surface area (Å²) in [6.45, 7) is 1.55. The molecular weight excluding hydrogens is 180 g/mol. The zero-order valence-electron chi connectivity index (χ0n) is 8.33. The first-order valence-corrected chi connectivity index (χ1v) is 4.49. The number of hydrogen-bond donors (Lipinski definition) is 2. The van der Waals surface area contributed by atoms with Crippen LogP contribution in [0, 0.1) is 0 Å². The number of hydrogen-bond acceptors (Lipinski definition) is 3. The van der Waals surface area contributed by atoms with Crippen LogP contribution in [-0.4, -0.2) is 23.9 Å². The van der Waals surface area contributed by atoms with Gasteiger partial charge >= 0.3 is 0 Å². The number of ketones is 1. The molecule has 1 rings (SSSR count). The Morgan fingerprint density at radius 3 is 2.71 bits per heavy atom. The Morgan fingerprint density at radius 1 is 1.57 bits per heavy atom. The molecule has 1 heterocycles. The maximum Gasteiger partial charge on any atom is 0.247 e. The summed E-state index contributed by atoms with van der Waals surface area (Å²) in [6, 6.07) is 3.01. The molecule has 0 unspecified atom stereocenters. The monoisotopic (exact) mass is 194 g/mol. The van der Waals surface area contributed by atoms with Gasteiger partial charge in [-0.05, 0) is 26.0 Å². The van der Waals surface area contributed by atoms with Crippen LogP contribution in [0.15, 0.2) is 23.1 Å². The van der Waals surface area contributed by atoms with Gasteiger partial charge in [-0.3, -0.25) is 9.59 Å². The topological polar surface area (TPSA) is 62.0 Å². The minimum atomic E-state index is -0.180. The van der Waals surface area contributed by atoms with Crippen LogP contribution in [0.1, 0.15) is 12.5 Å². The highest BCUT2D eigenvalue weighted by Crippen LogP contribution is 2.00. The second kappa shape index (κ2) is 4.72. The Bertz CT molecular complexity index is 350. The summed E-state index contributed by atoms with van der Waals surface area (Å²) >= 11 is 0. The molecule has 0 aliphatic rings. The SMILES string of the molecule is CN[C@@H](Cc1ccc(=O)[nH]c1)C(C)=O. The maximum atomic E-state index is 11.1. The minimum Gasteiger partial charge on any atom is -0.329 e. The van der Waals surface area contributed by atoms with E-state index in [9.17, 15) is 9.59 Å². The fraction of sp³-hybridized carbons (Fsp3) is 0.400. The van der Waals surface area contributed by atoms with Gasteiger partial charge in [-0.2, -0.15) is 0 Å². The lowest BCUT2D eigenvalue weighted by Crippen LogP contribution is -2.34. The number of aromatic nitrogens is 1. The van der Waals surface area contributed by atoms with Crippen LogP contribution in [0.4, 0.5) is 0 Å². The van der Waals surface area contributed by atoms with Crippen LogP contribution in [0.3, 0.4) is 0 Å². The summed E-state index contributed by atoms with van der Waals surface area (Å²) in [7, 11) is 1.75. The summed E-state index contributed by atoms with van der Waals surface area (Å²) in [5.41, 5.74) is 0.816. The second-order valence-electron chi connectivity index (χ2n) is 3.22. The molecule has 0 bridgehead atoms. The highest BCUT2D eigenvalue weighted by Gasteiger charge is 2.11. The van der Waals surface area contributed by atoms with Crippen molar-refractivity contribution in [3.05, 3.63) is 34.2 Å². The average Bonchev–Trinajstić information content (AvgIpc) is 2.16. The first-order valence-electron chi connectivity index (χ1n) is 4.49. The van der Waals surface area contributed by atoms with Crippen LogP contribution in [0.2, 0.25) is 0 Å². The number of likely N-dealkylation sites (N-methyl/N-ethyl adjacent to an activating group) is 1. The van der Waals surface area contributed by atoms with Gasteiger partial charge in [-0.15, -0.1) is 0 Å². The van der Waals surface area contributed by atoms with E-state index in [1.54, 1.807) is 26.2 Å². The molecule has 0 saturated heterocycles. The third kappa shape index (κ3) is 2.81. The zero-order chi connectivity index (χ0) is 10.6. The van der Waals surface area contributed by atoms with Crippen LogP contribution in [0.25, 0.3) is 0 Å². The number of Topliss-reactive ketones (excluding diaryl/α,β-unsaturated/α-hetero) is 1. The predicted molar refractivity (Wildman–Crippen MR) is 54.3 cm³/mol. The lowest BCUT2D eigenvalue weighted by Gasteiger charge is -2.11. The van der Waals surface area contributed by atoms with Gasteiger partial charge in [-0.1, -0.05) is 6.07 Å². The first-order chi connectivity index (χ1) is 6.63. The van der Waals surface area contributed by atoms with Crippen LogP contribution in [0.5, 0.6) is 0 Å². The van der Waals surface area contributed by atoms with E-state index in [0.717, 1.165) is 5.56 Å². The molecule has 1 aromatic rings. The molecule has 0 fully saturated rings. The Balaban J connectivity index is 2.72. The molecule has 2 N–H and O–H groups in total. The summed E-state index contributed by atoms with van der Waals surface area (Å²) in [5.74, 6) is 0.0960. The van der Waals surface area contributed by atoms with Crippen molar-refractivity contribution in [2.75, 3.05) is 7.05 Å². The number of nitrogens with one attached hydrogen (secondary N) is 2. The number of carbonyl (C=O) groups excluding carboxylic acids is 1. The third-order valence-electron chi connectivity index (χ3n) is 2.13. The van der Waals surface area contributed by atoms with Crippen LogP contribution >= 0.6 is 0 Å². The lowest BCUT2D eigenvalue weighted by molar-refractivity contribution is -0.118. The van der Waals surface area contributed by atoms with Crippen LogP contribution < -0.4 is 10.9 Å². The predicted octanol–water partition coefficient (Wildman–Crippen LogP) is 0.0944. The van der Waals surface area contributed by atoms with Gasteiger partial charge in [0.2, 0.25) is 5.56 Å². The van der Waals surface area contributed by atoms with E-state index < -0.39 is 0 Å². The van der Waals surface area contributed by atoms with Crippen molar-refractivity contribution in [3.8, 4) is 0 Å². The highest BCUT2D eigenvalue weighted by molar-refractivity contribution is 5.81. The lowest BCUT2D eigenvalue weighted by atomic mass is 10.1. The molecule has 0 aliphatic carbocycles. The van der Waals surface area contributed by atoms with Crippen molar-refractivity contribution in [2.45, 2.75) is 19.4 Å². The second-order valence-corrected chi connectivity index (χ2v) is 3.22. The minimum absolute atomic E-state index is 0.0960. The molecule has 76 valence electrons. The van der Waals surface area contributed by atoms with Crippen molar-refractivity contribution in [3.63, 3.8) is 0 Å². The summed E-state index contributed by atoms with van der Waals surface area (Å²) < 4.78 is 0. The van der Waals surface area contributed by atoms with E-state index in [1.807, 2.05) is 0 Å². The number of rotatable bonds is 4. The molecule has 14 heavy (non-hydrogen) atoms. The molecule has 0 aliphatic heterocycles. The molecule has 1 atom stereocenters. The highest BCUT2D eigenvalue weighted by atomic mass is 16.1. The molecular formula is C10H14N2O2. The van der Waals surface area contributed by atoms with Crippen molar-refractivity contribution >= 4 is 5.78 Å². The fourth-order valence-electron chi connectivity index (χ4n) is 1.25. The largest absolute Gasteiger partial charge is 0.329 e. The molecule has 4 nitrogen and oxygen atoms in total. The van der Waals surface area contributed by atoms with Gasteiger partial charge in [0.25, 0.3) is 0 Å². The number of pyridine rings is 1. The van der Waals surface area contributed by atoms with Gasteiger partial charge < -0.3 is 10.3 Å². The standard InChI is InChI=1S/C10H14N2O2/c1-7(13)9(11-2)5-8-3-4-10(14)12-6-8/h3-4,6,9,11H,5H2,1-2H3,(H,12,14)/t9-/m0/s1. The Morgan fingerprint density at radius 2 is 2.29 bits per heavy atom. The van der Waals surface area contributed by atoms with Gasteiger partial charge in [0.15, 0.2) is 0 Å². The van der Waals surface area contributed by atoms with Gasteiger partial charge in [0.05, 0.1) is 6.04 Å². The molecule has 1 aromatic heterocycles. The summed E-state index contributed by atoms with van der Waals surface area (Å²) in [5, 5.41) is 2.92. The van der Waals surface area contributed by atoms with Crippen molar-refractivity contribution in [1.82, 2.24) is 10.3 Å². The number of H-pyrrole nitrogens is 1. The Labute approximate surface area is 82.3 Å². The smallest absolute Gasteiger partial charge is 0.247 e. The quantitative estimate of drug-likeness (QED) is 0.714. The Hall–Kier alpha value is -1.42. The normalized spacial score (nSPS) is 12.4. The number of carbonyl (C=O) groups is 1. The fourth-order valence-corrected chi connectivity index (χ4v) is 1.25. The van der Waals surface area contributed by atoms with E-state index in [-0.39, 0.29) is 17.4 Å². The zero-order valence-corrected chi connectivity index (χ0v) is 8.33.